The zero-order chi connectivity index (χ0) is 21.1. The fourth-order valence-corrected chi connectivity index (χ4v) is 2.80. The zero-order valence-electron chi connectivity index (χ0n) is 15.8. The van der Waals surface area contributed by atoms with Gasteiger partial charge in [0, 0.05) is 44.5 Å². The Balaban J connectivity index is 2.23. The quantitative estimate of drug-likeness (QED) is 0.376. The van der Waals surface area contributed by atoms with E-state index in [9.17, 15) is 19.2 Å². The molecule has 148 valence electrons. The highest BCUT2D eigenvalue weighted by Crippen LogP contribution is 2.38. The highest BCUT2D eigenvalue weighted by molar-refractivity contribution is 6.00. The first-order chi connectivity index (χ1) is 13.7. The number of hydrogen-bond donors (Lipinski definition) is 0. The summed E-state index contributed by atoms with van der Waals surface area (Å²) in [6, 6.07) is 10.4. The van der Waals surface area contributed by atoms with Crippen molar-refractivity contribution in [1.29, 1.82) is 0 Å². The minimum absolute atomic E-state index is 0.0618. The summed E-state index contributed by atoms with van der Waals surface area (Å²) in [5, 5.41) is 0.343. The maximum atomic E-state index is 12.1. The van der Waals surface area contributed by atoms with E-state index >= 15 is 0 Å². The van der Waals surface area contributed by atoms with Crippen LogP contribution in [0.5, 0.6) is 17.2 Å². The lowest BCUT2D eigenvalue weighted by Crippen LogP contribution is -2.07. The van der Waals surface area contributed by atoms with Gasteiger partial charge in [0.15, 0.2) is 0 Å². The van der Waals surface area contributed by atoms with Crippen LogP contribution in [0.4, 0.5) is 0 Å². The maximum Gasteiger partial charge on any atom is 0.336 e. The highest BCUT2D eigenvalue weighted by atomic mass is 16.5. The first kappa shape index (κ1) is 19.8. The van der Waals surface area contributed by atoms with Gasteiger partial charge in [-0.25, -0.2) is 4.79 Å². The van der Waals surface area contributed by atoms with Crippen molar-refractivity contribution < 1.29 is 33.0 Å². The summed E-state index contributed by atoms with van der Waals surface area (Å²) >= 11 is 0. The van der Waals surface area contributed by atoms with E-state index in [1.807, 2.05) is 0 Å². The Labute approximate surface area is 164 Å². The van der Waals surface area contributed by atoms with Crippen LogP contribution in [0.15, 0.2) is 51.7 Å². The number of ether oxygens (including phenoxy) is 3. The number of benzene rings is 2. The van der Waals surface area contributed by atoms with Gasteiger partial charge in [-0.15, -0.1) is 0 Å². The third-order valence-electron chi connectivity index (χ3n) is 3.72. The number of hydrogen-bond acceptors (Lipinski definition) is 8. The van der Waals surface area contributed by atoms with Crippen LogP contribution in [0.3, 0.4) is 0 Å². The molecule has 8 heteroatoms. The summed E-state index contributed by atoms with van der Waals surface area (Å²) in [6.45, 7) is 3.72. The predicted molar refractivity (Wildman–Crippen MR) is 102 cm³/mol. The van der Waals surface area contributed by atoms with Crippen LogP contribution in [0, 0.1) is 0 Å². The topological polar surface area (TPSA) is 109 Å². The second-order valence-corrected chi connectivity index (χ2v) is 6.08. The van der Waals surface area contributed by atoms with Crippen LogP contribution in [-0.2, 0) is 14.4 Å². The Morgan fingerprint density at radius 2 is 1.34 bits per heavy atom. The lowest BCUT2D eigenvalue weighted by Gasteiger charge is -2.12. The van der Waals surface area contributed by atoms with Crippen LogP contribution >= 0.6 is 0 Å². The second kappa shape index (κ2) is 7.97. The van der Waals surface area contributed by atoms with Gasteiger partial charge < -0.3 is 18.6 Å². The Morgan fingerprint density at radius 3 is 1.93 bits per heavy atom. The summed E-state index contributed by atoms with van der Waals surface area (Å²) in [7, 11) is 0. The van der Waals surface area contributed by atoms with Crippen molar-refractivity contribution in [2.75, 3.05) is 0 Å². The lowest BCUT2D eigenvalue weighted by molar-refractivity contribution is -0.133. The minimum Gasteiger partial charge on any atom is -0.427 e. The van der Waals surface area contributed by atoms with Gasteiger partial charge in [-0.2, -0.15) is 0 Å². The fourth-order valence-electron chi connectivity index (χ4n) is 2.80. The number of rotatable bonds is 4. The molecule has 1 aromatic heterocycles. The molecular weight excluding hydrogens is 380 g/mol. The van der Waals surface area contributed by atoms with Crippen molar-refractivity contribution in [1.82, 2.24) is 0 Å². The normalized spacial score (nSPS) is 10.4. The largest absolute Gasteiger partial charge is 0.427 e. The lowest BCUT2D eigenvalue weighted by atomic mass is 10.0. The summed E-state index contributed by atoms with van der Waals surface area (Å²) in [5.41, 5.74) is 0.445. The molecule has 0 atom stereocenters. The zero-order valence-corrected chi connectivity index (χ0v) is 15.8. The Kier molecular flexibility index (Phi) is 5.45. The fraction of sp³-hybridized carbons (Fsp3) is 0.143. The van der Waals surface area contributed by atoms with E-state index in [0.29, 0.717) is 22.3 Å². The molecule has 0 aliphatic heterocycles. The van der Waals surface area contributed by atoms with Gasteiger partial charge in [0.25, 0.3) is 0 Å². The van der Waals surface area contributed by atoms with Crippen molar-refractivity contribution in [2.45, 2.75) is 20.8 Å². The highest BCUT2D eigenvalue weighted by Gasteiger charge is 2.17. The molecule has 3 rings (SSSR count). The number of fused-ring (bicyclic) bond motifs is 1. The molecule has 3 aromatic rings. The molecule has 2 aromatic carbocycles. The molecule has 0 bridgehead atoms. The van der Waals surface area contributed by atoms with Gasteiger partial charge in [0.2, 0.25) is 0 Å². The Hall–Kier alpha value is -3.94. The third-order valence-corrected chi connectivity index (χ3v) is 3.72. The Morgan fingerprint density at radius 1 is 0.759 bits per heavy atom. The second-order valence-electron chi connectivity index (χ2n) is 6.08. The Bertz CT molecular complexity index is 1170. The molecule has 0 amide bonds. The van der Waals surface area contributed by atoms with Gasteiger partial charge in [0.05, 0.1) is 5.39 Å². The third kappa shape index (κ3) is 4.67. The van der Waals surface area contributed by atoms with Crippen molar-refractivity contribution in [3.05, 3.63) is 52.9 Å². The number of esters is 3. The average Bonchev–Trinajstić information content (AvgIpc) is 2.59. The molecule has 0 aliphatic carbocycles. The molecular formula is C21H16O8. The first-order valence-electron chi connectivity index (χ1n) is 8.50. The molecule has 0 spiro atoms. The van der Waals surface area contributed by atoms with Crippen LogP contribution in [0.2, 0.25) is 0 Å². The minimum atomic E-state index is -0.648. The van der Waals surface area contributed by atoms with Gasteiger partial charge in [-0.1, -0.05) is 12.1 Å². The van der Waals surface area contributed by atoms with Crippen molar-refractivity contribution in [3.63, 3.8) is 0 Å². The van der Waals surface area contributed by atoms with Crippen molar-refractivity contribution >= 4 is 28.9 Å². The van der Waals surface area contributed by atoms with Crippen LogP contribution in [-0.4, -0.2) is 17.9 Å². The molecule has 0 unspecified atom stereocenters. The molecule has 0 radical (unpaired) electrons. The molecule has 1 heterocycles. The maximum absolute atomic E-state index is 12.1. The van der Waals surface area contributed by atoms with Gasteiger partial charge in [-0.3, -0.25) is 14.4 Å². The van der Waals surface area contributed by atoms with E-state index in [2.05, 4.69) is 0 Å². The van der Waals surface area contributed by atoms with Crippen LogP contribution in [0.25, 0.3) is 22.1 Å². The summed E-state index contributed by atoms with van der Waals surface area (Å²) < 4.78 is 20.6. The van der Waals surface area contributed by atoms with E-state index in [1.165, 1.54) is 39.0 Å². The SMILES string of the molecule is CC(=O)Oc1ccc(-c2cc(=O)oc3cc(OC(C)=O)cc(OC(C)=O)c23)cc1. The molecule has 0 fully saturated rings. The van der Waals surface area contributed by atoms with E-state index in [4.69, 9.17) is 18.6 Å². The predicted octanol–water partition coefficient (Wildman–Crippen LogP) is 3.24. The summed E-state index contributed by atoms with van der Waals surface area (Å²) in [5.74, 6) is -1.18. The number of carbonyl (C=O) groups is 3. The van der Waals surface area contributed by atoms with E-state index in [0.717, 1.165) is 0 Å². The van der Waals surface area contributed by atoms with Crippen molar-refractivity contribution in [3.8, 4) is 28.4 Å². The average molecular weight is 396 g/mol. The standard InChI is InChI=1S/C21H16O8/c1-11(22)26-15-6-4-14(5-7-15)17-10-20(25)29-19-9-16(27-12(2)23)8-18(21(17)19)28-13(3)24/h4-10H,1-3H3. The van der Waals surface area contributed by atoms with E-state index in [1.54, 1.807) is 24.3 Å². The summed E-state index contributed by atoms with van der Waals surface area (Å²) in [6.07, 6.45) is 0. The molecule has 0 N–H and O–H groups in total. The van der Waals surface area contributed by atoms with E-state index < -0.39 is 23.5 Å². The van der Waals surface area contributed by atoms with Crippen LogP contribution < -0.4 is 19.8 Å². The molecule has 29 heavy (non-hydrogen) atoms. The molecule has 0 saturated carbocycles. The van der Waals surface area contributed by atoms with Crippen molar-refractivity contribution in [2.24, 2.45) is 0 Å². The summed E-state index contributed by atoms with van der Waals surface area (Å²) in [4.78, 5) is 46.1. The molecule has 0 saturated heterocycles. The molecule has 0 aliphatic rings. The van der Waals surface area contributed by atoms with Crippen LogP contribution in [0.1, 0.15) is 20.8 Å². The van der Waals surface area contributed by atoms with Gasteiger partial charge in [0.1, 0.15) is 22.8 Å². The van der Waals surface area contributed by atoms with Gasteiger partial charge >= 0.3 is 23.5 Å². The monoisotopic (exact) mass is 396 g/mol. The van der Waals surface area contributed by atoms with E-state index in [-0.39, 0.29) is 17.1 Å². The van der Waals surface area contributed by atoms with Gasteiger partial charge in [-0.05, 0) is 17.7 Å². The molecule has 8 nitrogen and oxygen atoms in total. The number of carbonyl (C=O) groups excluding carboxylic acids is 3. The first-order valence-corrected chi connectivity index (χ1v) is 8.50. The smallest absolute Gasteiger partial charge is 0.336 e.